The maximum atomic E-state index is 11.8. The van der Waals surface area contributed by atoms with Gasteiger partial charge in [0.25, 0.3) is 0 Å². The molecule has 0 aromatic heterocycles. The summed E-state index contributed by atoms with van der Waals surface area (Å²) >= 11 is 0. The number of hydrogen-bond acceptors (Lipinski definition) is 5. The van der Waals surface area contributed by atoms with Gasteiger partial charge in [-0.25, -0.2) is 4.79 Å². The highest BCUT2D eigenvalue weighted by Crippen LogP contribution is 2.42. The van der Waals surface area contributed by atoms with Crippen molar-refractivity contribution in [1.82, 2.24) is 5.32 Å². The number of carbonyl (C=O) groups is 2. The first-order valence-electron chi connectivity index (χ1n) is 5.96. The van der Waals surface area contributed by atoms with E-state index in [1.165, 1.54) is 12.7 Å². The van der Waals surface area contributed by atoms with Gasteiger partial charge < -0.3 is 9.26 Å². The van der Waals surface area contributed by atoms with E-state index in [-0.39, 0.29) is 11.9 Å². The smallest absolute Gasteiger partial charge is 0.412 e. The van der Waals surface area contributed by atoms with Gasteiger partial charge in [0.15, 0.2) is 6.29 Å². The molecular formula is C12H22NO5P. The fourth-order valence-corrected chi connectivity index (χ4v) is 2.32. The highest BCUT2D eigenvalue weighted by atomic mass is 31.2. The average Bonchev–Trinajstić information content (AvgIpc) is 2.21. The quantitative estimate of drug-likeness (QED) is 0.462. The number of carbonyl (C=O) groups excluding carboxylic acids is 2. The van der Waals surface area contributed by atoms with Gasteiger partial charge in [0, 0.05) is 12.8 Å². The normalized spacial score (nSPS) is 15.5. The lowest BCUT2D eigenvalue weighted by atomic mass is 10.2. The molecule has 0 rings (SSSR count). The molecule has 1 atom stereocenters. The summed E-state index contributed by atoms with van der Waals surface area (Å²) in [5.41, 5.74) is -0.639. The van der Waals surface area contributed by atoms with Crippen molar-refractivity contribution in [2.45, 2.75) is 33.3 Å². The summed E-state index contributed by atoms with van der Waals surface area (Å²) in [5, 5.41) is 2.29. The lowest BCUT2D eigenvalue weighted by molar-refractivity contribution is -0.105. The van der Waals surface area contributed by atoms with Crippen LogP contribution in [0, 0.1) is 0 Å². The van der Waals surface area contributed by atoms with E-state index in [0.29, 0.717) is 12.9 Å². The number of ether oxygens (including phenoxy) is 1. The second-order valence-corrected chi connectivity index (χ2v) is 7.67. The third-order valence-corrected chi connectivity index (χ3v) is 3.47. The van der Waals surface area contributed by atoms with Gasteiger partial charge in [-0.2, -0.15) is 0 Å². The number of hydrogen-bond donors (Lipinski definition) is 1. The molecule has 7 heteroatoms. The van der Waals surface area contributed by atoms with Crippen LogP contribution in [0.3, 0.4) is 0 Å². The summed E-state index contributed by atoms with van der Waals surface area (Å²) in [6.07, 6.45) is 1.18. The van der Waals surface area contributed by atoms with Gasteiger partial charge in [-0.05, 0) is 33.8 Å². The van der Waals surface area contributed by atoms with Gasteiger partial charge in [0.2, 0.25) is 7.37 Å². The molecule has 0 bridgehead atoms. The van der Waals surface area contributed by atoms with Gasteiger partial charge >= 0.3 is 6.09 Å². The van der Waals surface area contributed by atoms with Crippen LogP contribution in [0.25, 0.3) is 0 Å². The molecule has 0 aliphatic carbocycles. The first-order chi connectivity index (χ1) is 8.59. The Labute approximate surface area is 114 Å². The van der Waals surface area contributed by atoms with E-state index < -0.39 is 19.1 Å². The summed E-state index contributed by atoms with van der Waals surface area (Å²) < 4.78 is 21.9. The first kappa shape index (κ1) is 17.9. The van der Waals surface area contributed by atoms with Crippen molar-refractivity contribution in [2.75, 3.05) is 19.4 Å². The molecule has 0 saturated carbocycles. The molecular weight excluding hydrogens is 269 g/mol. The minimum absolute atomic E-state index is 0.0102. The lowest BCUT2D eigenvalue weighted by Gasteiger charge is -2.19. The van der Waals surface area contributed by atoms with Crippen molar-refractivity contribution < 1.29 is 23.4 Å². The van der Waals surface area contributed by atoms with Gasteiger partial charge in [0.1, 0.15) is 5.60 Å². The maximum Gasteiger partial charge on any atom is 0.412 e. The van der Waals surface area contributed by atoms with Crippen LogP contribution >= 0.6 is 7.37 Å². The van der Waals surface area contributed by atoms with Gasteiger partial charge in [-0.1, -0.05) is 0 Å². The highest BCUT2D eigenvalue weighted by Gasteiger charge is 2.18. The Kier molecular flexibility index (Phi) is 7.01. The largest absolute Gasteiger partial charge is 0.444 e. The fourth-order valence-electron chi connectivity index (χ4n) is 1.14. The lowest BCUT2D eigenvalue weighted by Crippen LogP contribution is -2.32. The monoisotopic (exact) mass is 291 g/mol. The Morgan fingerprint density at radius 2 is 1.95 bits per heavy atom. The molecule has 0 aliphatic rings. The van der Waals surface area contributed by atoms with E-state index in [9.17, 15) is 14.2 Å². The summed E-state index contributed by atoms with van der Waals surface area (Å²) in [6, 6.07) is 0. The van der Waals surface area contributed by atoms with Crippen LogP contribution in [0.4, 0.5) is 4.79 Å². The van der Waals surface area contributed by atoms with Gasteiger partial charge in [0.05, 0.1) is 12.3 Å². The average molecular weight is 291 g/mol. The topological polar surface area (TPSA) is 81.7 Å². The molecule has 0 heterocycles. The van der Waals surface area contributed by atoms with Crippen LogP contribution in [0.1, 0.15) is 27.7 Å². The van der Waals surface area contributed by atoms with Crippen molar-refractivity contribution in [2.24, 2.45) is 0 Å². The maximum absolute atomic E-state index is 11.8. The Morgan fingerprint density at radius 1 is 1.37 bits per heavy atom. The van der Waals surface area contributed by atoms with E-state index in [4.69, 9.17) is 9.26 Å². The van der Waals surface area contributed by atoms with Crippen LogP contribution < -0.4 is 5.32 Å². The number of allylic oxidation sites excluding steroid dienone is 2. The number of aldehydes is 1. The number of amides is 1. The van der Waals surface area contributed by atoms with Crippen LogP contribution in [-0.4, -0.2) is 37.4 Å². The zero-order valence-electron chi connectivity index (χ0n) is 12.1. The van der Waals surface area contributed by atoms with Crippen LogP contribution in [-0.2, 0) is 18.6 Å². The molecule has 1 unspecified atom stereocenters. The summed E-state index contributed by atoms with van der Waals surface area (Å²) in [5.74, 6) is 0. The third-order valence-electron chi connectivity index (χ3n) is 1.82. The first-order valence-corrected chi connectivity index (χ1v) is 8.22. The Balaban J connectivity index is 4.55. The van der Waals surface area contributed by atoms with Crippen molar-refractivity contribution in [1.29, 1.82) is 0 Å². The third kappa shape index (κ3) is 9.45. The molecule has 0 fully saturated rings. The van der Waals surface area contributed by atoms with E-state index in [2.05, 4.69) is 5.32 Å². The molecule has 110 valence electrons. The molecule has 0 spiro atoms. The van der Waals surface area contributed by atoms with E-state index >= 15 is 0 Å². The van der Waals surface area contributed by atoms with E-state index in [0.717, 1.165) is 0 Å². The fraction of sp³-hybridized carbons (Fsp3) is 0.667. The molecule has 0 aromatic rings. The van der Waals surface area contributed by atoms with Crippen molar-refractivity contribution >= 4 is 19.7 Å². The Morgan fingerprint density at radius 3 is 2.37 bits per heavy atom. The number of rotatable bonds is 6. The minimum atomic E-state index is -2.77. The molecule has 1 N–H and O–H groups in total. The van der Waals surface area contributed by atoms with Crippen molar-refractivity contribution in [3.63, 3.8) is 0 Å². The summed E-state index contributed by atoms with van der Waals surface area (Å²) in [7, 11) is -2.77. The van der Waals surface area contributed by atoms with Crippen molar-refractivity contribution in [3.05, 3.63) is 11.8 Å². The summed E-state index contributed by atoms with van der Waals surface area (Å²) in [6.45, 7) is 8.69. The number of nitrogens with one attached hydrogen (secondary N) is 1. The Hall–Kier alpha value is -1.13. The van der Waals surface area contributed by atoms with E-state index in [1.807, 2.05) is 0 Å². The minimum Gasteiger partial charge on any atom is -0.444 e. The zero-order chi connectivity index (χ0) is 15.1. The van der Waals surface area contributed by atoms with Gasteiger partial charge in [-0.15, -0.1) is 0 Å². The van der Waals surface area contributed by atoms with Gasteiger partial charge in [-0.3, -0.25) is 14.7 Å². The number of alkyl carbamates (subject to hydrolysis) is 1. The van der Waals surface area contributed by atoms with E-state index in [1.54, 1.807) is 27.7 Å². The molecule has 19 heavy (non-hydrogen) atoms. The molecule has 0 aromatic carbocycles. The Bertz CT molecular complexity index is 397. The van der Waals surface area contributed by atoms with Crippen LogP contribution in [0.2, 0.25) is 0 Å². The summed E-state index contributed by atoms with van der Waals surface area (Å²) in [4.78, 5) is 22.3. The predicted octanol–water partition coefficient (Wildman–Crippen LogP) is 2.54. The standard InChI is InChI=1S/C12H22NO5P/c1-6-17-19(5,16)8-7-10(9-14)13-11(15)18-12(2,3)4/h7,9H,6,8H2,1-5H3,(H,13,15)/b10-7-. The molecule has 1 amide bonds. The van der Waals surface area contributed by atoms with Crippen molar-refractivity contribution in [3.8, 4) is 0 Å². The molecule has 0 saturated heterocycles. The second-order valence-electron chi connectivity index (χ2n) is 5.02. The molecule has 0 aliphatic heterocycles. The molecule has 6 nitrogen and oxygen atoms in total. The predicted molar refractivity (Wildman–Crippen MR) is 73.5 cm³/mol. The van der Waals surface area contributed by atoms with Crippen LogP contribution in [0.5, 0.6) is 0 Å². The second kappa shape index (κ2) is 7.46. The SMILES string of the molecule is CCOP(C)(=O)C/C=C(/C=O)NC(=O)OC(C)(C)C. The highest BCUT2D eigenvalue weighted by molar-refractivity contribution is 7.58. The van der Waals surface area contributed by atoms with Crippen LogP contribution in [0.15, 0.2) is 11.8 Å². The molecule has 0 radical (unpaired) electrons. The zero-order valence-corrected chi connectivity index (χ0v) is 13.0.